The quantitative estimate of drug-likeness (QED) is 0.770. The lowest BCUT2D eigenvalue weighted by Gasteiger charge is -2.09. The molecule has 0 bridgehead atoms. The van der Waals surface area contributed by atoms with Crippen molar-refractivity contribution in [2.75, 3.05) is 11.9 Å². The third-order valence-electron chi connectivity index (χ3n) is 2.17. The Morgan fingerprint density at radius 3 is 2.93 bits per heavy atom. The van der Waals surface area contributed by atoms with Gasteiger partial charge in [0, 0.05) is 5.69 Å². The first-order valence-electron chi connectivity index (χ1n) is 4.76. The number of ether oxygens (including phenoxy) is 1. The molecule has 0 spiro atoms. The largest absolute Gasteiger partial charge is 0.445 e. The Kier molecular flexibility index (Phi) is 3.92. The number of anilines is 1. The molecule has 0 saturated heterocycles. The highest BCUT2D eigenvalue weighted by atomic mass is 16.5. The average Bonchev–Trinajstić information content (AvgIpc) is 2.22. The Morgan fingerprint density at radius 1 is 1.53 bits per heavy atom. The van der Waals surface area contributed by atoms with Crippen LogP contribution in [0.4, 0.5) is 10.5 Å². The van der Waals surface area contributed by atoms with E-state index in [1.54, 1.807) is 0 Å². The van der Waals surface area contributed by atoms with Crippen LogP contribution in [0.2, 0.25) is 0 Å². The maximum Gasteiger partial charge on any atom is 0.411 e. The molecule has 0 radical (unpaired) electrons. The molecule has 15 heavy (non-hydrogen) atoms. The molecule has 1 N–H and O–H groups in total. The van der Waals surface area contributed by atoms with Gasteiger partial charge in [0.25, 0.3) is 0 Å². The number of hydrogen-bond donors (Lipinski definition) is 1. The van der Waals surface area contributed by atoms with Gasteiger partial charge in [-0.15, -0.1) is 0 Å². The molecule has 0 saturated carbocycles. The van der Waals surface area contributed by atoms with Crippen LogP contribution in [0.3, 0.4) is 0 Å². The van der Waals surface area contributed by atoms with Crippen LogP contribution in [-0.2, 0) is 4.74 Å². The second kappa shape index (κ2) is 5.20. The lowest BCUT2D eigenvalue weighted by atomic mass is 10.1. The second-order valence-corrected chi connectivity index (χ2v) is 3.26. The monoisotopic (exact) mass is 205 g/mol. The van der Waals surface area contributed by atoms with Gasteiger partial charge in [0.05, 0.1) is 0 Å². The van der Waals surface area contributed by atoms with Crippen LogP contribution in [0.1, 0.15) is 11.1 Å². The number of aryl methyl sites for hydroxylation is 1. The topological polar surface area (TPSA) is 38.3 Å². The summed E-state index contributed by atoms with van der Waals surface area (Å²) in [6.45, 7) is 7.64. The molecule has 0 atom stereocenters. The van der Waals surface area contributed by atoms with Crippen molar-refractivity contribution in [3.05, 3.63) is 42.0 Å². The summed E-state index contributed by atoms with van der Waals surface area (Å²) in [7, 11) is 0. The minimum atomic E-state index is -0.455. The molecule has 0 aliphatic rings. The standard InChI is InChI=1S/C12H15NO2/c1-4-8-15-12(14)13-11-7-5-6-9(2)10(11)3/h4-7H,1,8H2,2-3H3,(H,13,14). The van der Waals surface area contributed by atoms with Crippen molar-refractivity contribution in [2.45, 2.75) is 13.8 Å². The zero-order valence-corrected chi connectivity index (χ0v) is 9.04. The summed E-state index contributed by atoms with van der Waals surface area (Å²) >= 11 is 0. The van der Waals surface area contributed by atoms with Gasteiger partial charge in [-0.2, -0.15) is 0 Å². The summed E-state index contributed by atoms with van der Waals surface area (Å²) < 4.78 is 4.82. The first-order valence-corrected chi connectivity index (χ1v) is 4.76. The van der Waals surface area contributed by atoms with Crippen molar-refractivity contribution >= 4 is 11.8 Å². The highest BCUT2D eigenvalue weighted by molar-refractivity contribution is 5.85. The van der Waals surface area contributed by atoms with Crippen molar-refractivity contribution in [2.24, 2.45) is 0 Å². The van der Waals surface area contributed by atoms with E-state index in [9.17, 15) is 4.79 Å². The number of benzene rings is 1. The molecule has 1 rings (SSSR count). The Labute approximate surface area is 89.8 Å². The molecule has 1 aromatic rings. The second-order valence-electron chi connectivity index (χ2n) is 3.26. The first-order chi connectivity index (χ1) is 7.15. The number of carbonyl (C=O) groups excluding carboxylic acids is 1. The third-order valence-corrected chi connectivity index (χ3v) is 2.17. The third kappa shape index (κ3) is 3.13. The maximum absolute atomic E-state index is 11.3. The minimum Gasteiger partial charge on any atom is -0.445 e. The zero-order chi connectivity index (χ0) is 11.3. The van der Waals surface area contributed by atoms with E-state index in [-0.39, 0.29) is 6.61 Å². The fraction of sp³-hybridized carbons (Fsp3) is 0.250. The summed E-state index contributed by atoms with van der Waals surface area (Å²) in [4.78, 5) is 11.3. The number of nitrogens with one attached hydrogen (secondary N) is 1. The molecule has 3 heteroatoms. The molecular weight excluding hydrogens is 190 g/mol. The van der Waals surface area contributed by atoms with Crippen molar-refractivity contribution in [3.8, 4) is 0 Å². The highest BCUT2D eigenvalue weighted by Gasteiger charge is 2.05. The van der Waals surface area contributed by atoms with E-state index in [1.807, 2.05) is 32.0 Å². The summed E-state index contributed by atoms with van der Waals surface area (Å²) in [5.74, 6) is 0. The van der Waals surface area contributed by atoms with E-state index in [4.69, 9.17) is 4.74 Å². The predicted octanol–water partition coefficient (Wildman–Crippen LogP) is 3.04. The molecule has 3 nitrogen and oxygen atoms in total. The highest BCUT2D eigenvalue weighted by Crippen LogP contribution is 2.17. The number of rotatable bonds is 3. The van der Waals surface area contributed by atoms with Crippen LogP contribution >= 0.6 is 0 Å². The predicted molar refractivity (Wildman–Crippen MR) is 61.1 cm³/mol. The van der Waals surface area contributed by atoms with Crippen molar-refractivity contribution in [1.29, 1.82) is 0 Å². The minimum absolute atomic E-state index is 0.219. The van der Waals surface area contributed by atoms with Crippen LogP contribution in [0.25, 0.3) is 0 Å². The SMILES string of the molecule is C=CCOC(=O)Nc1cccc(C)c1C. The van der Waals surface area contributed by atoms with Crippen molar-refractivity contribution in [3.63, 3.8) is 0 Å². The molecule has 1 aromatic carbocycles. The van der Waals surface area contributed by atoms with Crippen LogP contribution in [0, 0.1) is 13.8 Å². The molecule has 0 heterocycles. The van der Waals surface area contributed by atoms with Gasteiger partial charge in [0.2, 0.25) is 0 Å². The van der Waals surface area contributed by atoms with E-state index >= 15 is 0 Å². The summed E-state index contributed by atoms with van der Waals surface area (Å²) in [6.07, 6.45) is 1.08. The van der Waals surface area contributed by atoms with E-state index in [2.05, 4.69) is 11.9 Å². The smallest absolute Gasteiger partial charge is 0.411 e. The van der Waals surface area contributed by atoms with Gasteiger partial charge in [0.1, 0.15) is 6.61 Å². The van der Waals surface area contributed by atoms with E-state index in [1.165, 1.54) is 6.08 Å². The molecular formula is C12H15NO2. The maximum atomic E-state index is 11.3. The Hall–Kier alpha value is -1.77. The van der Waals surface area contributed by atoms with Gasteiger partial charge in [0.15, 0.2) is 0 Å². The van der Waals surface area contributed by atoms with E-state index in [0.29, 0.717) is 0 Å². The Balaban J connectivity index is 2.68. The fourth-order valence-corrected chi connectivity index (χ4v) is 1.17. The van der Waals surface area contributed by atoms with Crippen LogP contribution < -0.4 is 5.32 Å². The molecule has 0 aromatic heterocycles. The lowest BCUT2D eigenvalue weighted by molar-refractivity contribution is 0.174. The van der Waals surface area contributed by atoms with Gasteiger partial charge < -0.3 is 4.74 Å². The average molecular weight is 205 g/mol. The van der Waals surface area contributed by atoms with Crippen LogP contribution in [0.15, 0.2) is 30.9 Å². The van der Waals surface area contributed by atoms with Crippen LogP contribution in [-0.4, -0.2) is 12.7 Å². The van der Waals surface area contributed by atoms with Gasteiger partial charge in [-0.05, 0) is 31.0 Å². The zero-order valence-electron chi connectivity index (χ0n) is 9.04. The number of hydrogen-bond acceptors (Lipinski definition) is 2. The molecule has 80 valence electrons. The normalized spacial score (nSPS) is 9.47. The summed E-state index contributed by atoms with van der Waals surface area (Å²) in [5, 5.41) is 2.68. The fourth-order valence-electron chi connectivity index (χ4n) is 1.17. The lowest BCUT2D eigenvalue weighted by Crippen LogP contribution is -2.14. The molecule has 0 aliphatic heterocycles. The van der Waals surface area contributed by atoms with Gasteiger partial charge >= 0.3 is 6.09 Å². The summed E-state index contributed by atoms with van der Waals surface area (Å²) in [6, 6.07) is 5.73. The van der Waals surface area contributed by atoms with Gasteiger partial charge in [-0.25, -0.2) is 4.79 Å². The molecule has 0 aliphatic carbocycles. The molecule has 0 fully saturated rings. The van der Waals surface area contributed by atoms with Crippen molar-refractivity contribution < 1.29 is 9.53 Å². The van der Waals surface area contributed by atoms with Crippen molar-refractivity contribution in [1.82, 2.24) is 0 Å². The summed E-state index contributed by atoms with van der Waals surface area (Å²) in [5.41, 5.74) is 2.97. The van der Waals surface area contributed by atoms with Gasteiger partial charge in [-0.3, -0.25) is 5.32 Å². The molecule has 1 amide bonds. The molecule has 0 unspecified atom stereocenters. The first kappa shape index (κ1) is 11.3. The number of carbonyl (C=O) groups is 1. The van der Waals surface area contributed by atoms with Crippen LogP contribution in [0.5, 0.6) is 0 Å². The number of amides is 1. The Bertz CT molecular complexity index is 372. The van der Waals surface area contributed by atoms with E-state index < -0.39 is 6.09 Å². The van der Waals surface area contributed by atoms with E-state index in [0.717, 1.165) is 16.8 Å². The van der Waals surface area contributed by atoms with Gasteiger partial charge in [-0.1, -0.05) is 24.8 Å². The Morgan fingerprint density at radius 2 is 2.27 bits per heavy atom.